The van der Waals surface area contributed by atoms with Crippen LogP contribution in [-0.2, 0) is 0 Å². The quantitative estimate of drug-likeness (QED) is 0.394. The molecule has 1 aliphatic rings. The van der Waals surface area contributed by atoms with E-state index in [2.05, 4.69) is 20.4 Å². The minimum absolute atomic E-state index is 0.577. The molecule has 0 saturated heterocycles. The summed E-state index contributed by atoms with van der Waals surface area (Å²) in [6.45, 7) is 8.83. The summed E-state index contributed by atoms with van der Waals surface area (Å²) in [6.07, 6.45) is 8.03. The van der Waals surface area contributed by atoms with Gasteiger partial charge in [0.1, 0.15) is 0 Å². The van der Waals surface area contributed by atoms with Crippen LogP contribution in [0.5, 0.6) is 0 Å². The van der Waals surface area contributed by atoms with Gasteiger partial charge in [0, 0.05) is 0 Å². The molecule has 11 heavy (non-hydrogen) atoms. The maximum absolute atomic E-state index is 4.12. The Labute approximate surface area is 70.7 Å². The molecule has 0 heterocycles. The molecule has 0 heteroatoms. The first-order chi connectivity index (χ1) is 5.16. The molecule has 0 bridgehead atoms. The Kier molecular flexibility index (Phi) is 2.75. The molecule has 0 aromatic heterocycles. The van der Waals surface area contributed by atoms with E-state index < -0.39 is 0 Å². The molecule has 64 valence electrons. The normalized spacial score (nSPS) is 33.5. The molecule has 0 radical (unpaired) electrons. The van der Waals surface area contributed by atoms with Crippen LogP contribution in [0, 0.1) is 5.41 Å². The van der Waals surface area contributed by atoms with Gasteiger partial charge in [-0.2, -0.15) is 0 Å². The summed E-state index contributed by atoms with van der Waals surface area (Å²) >= 11 is 0. The highest BCUT2D eigenvalue weighted by molar-refractivity contribution is 5.01. The van der Waals surface area contributed by atoms with Gasteiger partial charge in [-0.05, 0) is 31.1 Å². The fourth-order valence-corrected chi connectivity index (χ4v) is 2.01. The van der Waals surface area contributed by atoms with Crippen molar-refractivity contribution in [1.82, 2.24) is 0 Å². The Morgan fingerprint density at radius 2 is 2.18 bits per heavy atom. The van der Waals surface area contributed by atoms with Gasteiger partial charge in [0.15, 0.2) is 0 Å². The van der Waals surface area contributed by atoms with Crippen molar-refractivity contribution in [2.24, 2.45) is 5.41 Å². The van der Waals surface area contributed by atoms with Gasteiger partial charge in [-0.3, -0.25) is 0 Å². The van der Waals surface area contributed by atoms with E-state index in [-0.39, 0.29) is 0 Å². The van der Waals surface area contributed by atoms with E-state index in [9.17, 15) is 0 Å². The molecule has 0 aromatic rings. The molecule has 0 spiro atoms. The first kappa shape index (κ1) is 8.83. The molecule has 0 N–H and O–H groups in total. The fourth-order valence-electron chi connectivity index (χ4n) is 2.01. The summed E-state index contributed by atoms with van der Waals surface area (Å²) in [5, 5.41) is 0. The van der Waals surface area contributed by atoms with Crippen LogP contribution in [0.3, 0.4) is 0 Å². The lowest BCUT2D eigenvalue weighted by Gasteiger charge is -2.26. The zero-order chi connectivity index (χ0) is 8.32. The van der Waals surface area contributed by atoms with Gasteiger partial charge in [0.05, 0.1) is 0 Å². The van der Waals surface area contributed by atoms with Crippen LogP contribution in [0.2, 0.25) is 0 Å². The first-order valence-electron chi connectivity index (χ1n) is 4.83. The van der Waals surface area contributed by atoms with Crippen LogP contribution in [-0.4, -0.2) is 0 Å². The van der Waals surface area contributed by atoms with Crippen molar-refractivity contribution in [3.05, 3.63) is 12.2 Å². The third-order valence-corrected chi connectivity index (χ3v) is 3.09. The van der Waals surface area contributed by atoms with Crippen molar-refractivity contribution in [1.29, 1.82) is 0 Å². The second kappa shape index (κ2) is 3.42. The van der Waals surface area contributed by atoms with Gasteiger partial charge >= 0.3 is 0 Å². The lowest BCUT2D eigenvalue weighted by Crippen LogP contribution is -2.13. The molecule has 0 aromatic carbocycles. The topological polar surface area (TPSA) is 0 Å². The Morgan fingerprint density at radius 1 is 1.45 bits per heavy atom. The maximum atomic E-state index is 4.12. The lowest BCUT2D eigenvalue weighted by atomic mass is 9.79. The van der Waals surface area contributed by atoms with E-state index in [1.165, 1.54) is 44.1 Å². The SMILES string of the molecule is C=C1CCCCC(C)(CC)C1. The molecule has 1 rings (SSSR count). The summed E-state index contributed by atoms with van der Waals surface area (Å²) < 4.78 is 0. The van der Waals surface area contributed by atoms with Gasteiger partial charge in [-0.25, -0.2) is 0 Å². The Bertz CT molecular complexity index is 146. The average molecular weight is 152 g/mol. The van der Waals surface area contributed by atoms with Crippen LogP contribution in [0.15, 0.2) is 12.2 Å². The van der Waals surface area contributed by atoms with Crippen LogP contribution in [0.1, 0.15) is 52.4 Å². The van der Waals surface area contributed by atoms with Gasteiger partial charge in [0.2, 0.25) is 0 Å². The van der Waals surface area contributed by atoms with Gasteiger partial charge in [-0.15, -0.1) is 0 Å². The molecule has 0 nitrogen and oxygen atoms in total. The zero-order valence-corrected chi connectivity index (χ0v) is 7.95. The first-order valence-corrected chi connectivity index (χ1v) is 4.83. The van der Waals surface area contributed by atoms with Crippen LogP contribution >= 0.6 is 0 Å². The largest absolute Gasteiger partial charge is 0.0998 e. The van der Waals surface area contributed by atoms with Crippen LogP contribution in [0.25, 0.3) is 0 Å². The number of allylic oxidation sites excluding steroid dienone is 1. The lowest BCUT2D eigenvalue weighted by molar-refractivity contribution is 0.285. The molecule has 1 atom stereocenters. The summed E-state index contributed by atoms with van der Waals surface area (Å²) in [6, 6.07) is 0. The number of rotatable bonds is 1. The molecule has 1 fully saturated rings. The highest BCUT2D eigenvalue weighted by atomic mass is 14.3. The van der Waals surface area contributed by atoms with Crippen molar-refractivity contribution >= 4 is 0 Å². The summed E-state index contributed by atoms with van der Waals surface area (Å²) in [4.78, 5) is 0. The van der Waals surface area contributed by atoms with Crippen molar-refractivity contribution in [2.75, 3.05) is 0 Å². The van der Waals surface area contributed by atoms with Crippen molar-refractivity contribution in [2.45, 2.75) is 52.4 Å². The van der Waals surface area contributed by atoms with E-state index in [4.69, 9.17) is 0 Å². The predicted molar refractivity (Wildman–Crippen MR) is 50.6 cm³/mol. The molecule has 1 aliphatic carbocycles. The van der Waals surface area contributed by atoms with E-state index in [0.717, 1.165) is 0 Å². The fraction of sp³-hybridized carbons (Fsp3) is 0.818. The van der Waals surface area contributed by atoms with E-state index in [0.29, 0.717) is 5.41 Å². The Balaban J connectivity index is 2.58. The summed E-state index contributed by atoms with van der Waals surface area (Å²) in [5.41, 5.74) is 2.06. The number of hydrogen-bond donors (Lipinski definition) is 0. The maximum Gasteiger partial charge on any atom is -0.0269 e. The Morgan fingerprint density at radius 3 is 2.82 bits per heavy atom. The smallest absolute Gasteiger partial charge is 0.0269 e. The summed E-state index contributed by atoms with van der Waals surface area (Å²) in [7, 11) is 0. The van der Waals surface area contributed by atoms with Gasteiger partial charge < -0.3 is 0 Å². The molecular weight excluding hydrogens is 132 g/mol. The van der Waals surface area contributed by atoms with Gasteiger partial charge in [0.25, 0.3) is 0 Å². The molecular formula is C11H20. The molecule has 1 saturated carbocycles. The van der Waals surface area contributed by atoms with E-state index in [1.807, 2.05) is 0 Å². The van der Waals surface area contributed by atoms with Crippen LogP contribution in [0.4, 0.5) is 0 Å². The predicted octanol–water partition coefficient (Wildman–Crippen LogP) is 3.92. The summed E-state index contributed by atoms with van der Waals surface area (Å²) in [5.74, 6) is 0. The van der Waals surface area contributed by atoms with E-state index >= 15 is 0 Å². The highest BCUT2D eigenvalue weighted by Crippen LogP contribution is 2.38. The minimum Gasteiger partial charge on any atom is -0.0998 e. The molecule has 0 aliphatic heterocycles. The second-order valence-corrected chi connectivity index (χ2v) is 4.30. The van der Waals surface area contributed by atoms with Crippen LogP contribution < -0.4 is 0 Å². The monoisotopic (exact) mass is 152 g/mol. The van der Waals surface area contributed by atoms with Crippen molar-refractivity contribution < 1.29 is 0 Å². The standard InChI is InChI=1S/C11H20/c1-4-11(3)8-6-5-7-10(2)9-11/h2,4-9H2,1,3H3. The third kappa shape index (κ3) is 2.36. The number of hydrogen-bond acceptors (Lipinski definition) is 0. The van der Waals surface area contributed by atoms with E-state index in [1.54, 1.807) is 0 Å². The zero-order valence-electron chi connectivity index (χ0n) is 7.95. The second-order valence-electron chi connectivity index (χ2n) is 4.30. The van der Waals surface area contributed by atoms with Crippen molar-refractivity contribution in [3.8, 4) is 0 Å². The van der Waals surface area contributed by atoms with Gasteiger partial charge in [-0.1, -0.05) is 38.8 Å². The molecule has 1 unspecified atom stereocenters. The average Bonchev–Trinajstić information content (AvgIpc) is 2.13. The minimum atomic E-state index is 0.577. The highest BCUT2D eigenvalue weighted by Gasteiger charge is 2.24. The third-order valence-electron chi connectivity index (χ3n) is 3.09. The Hall–Kier alpha value is -0.260. The van der Waals surface area contributed by atoms with Crippen molar-refractivity contribution in [3.63, 3.8) is 0 Å². The molecule has 0 amide bonds.